The monoisotopic (exact) mass is 416 g/mol. The first-order valence-corrected chi connectivity index (χ1v) is 9.49. The second-order valence-corrected chi connectivity index (χ2v) is 6.32. The van der Waals surface area contributed by atoms with Crippen molar-refractivity contribution in [3.8, 4) is 23.1 Å². The van der Waals surface area contributed by atoms with E-state index in [0.717, 1.165) is 5.56 Å². The number of furan rings is 1. The molecule has 0 aliphatic carbocycles. The van der Waals surface area contributed by atoms with Crippen LogP contribution in [0.5, 0.6) is 5.75 Å². The number of hydrogen-bond acceptors (Lipinski definition) is 6. The standard InChI is InChI=1S/C24H20N2O5/c1-3-30-24(28)17-10-8-16(9-11-17)21-13-12-19(31-21)14-18(15-25)23(27)26-20-6-4-5-7-22(20)29-2/h4-14H,3H2,1-2H3,(H,26,27). The summed E-state index contributed by atoms with van der Waals surface area (Å²) >= 11 is 0. The highest BCUT2D eigenvalue weighted by atomic mass is 16.5. The Hall–Kier alpha value is -4.31. The van der Waals surface area contributed by atoms with Gasteiger partial charge in [0.15, 0.2) is 0 Å². The van der Waals surface area contributed by atoms with Crippen LogP contribution in [0.1, 0.15) is 23.0 Å². The Kier molecular flexibility index (Phi) is 6.86. The number of rotatable bonds is 7. The molecular formula is C24H20N2O5. The van der Waals surface area contributed by atoms with Crippen molar-refractivity contribution in [2.24, 2.45) is 0 Å². The number of amides is 1. The summed E-state index contributed by atoms with van der Waals surface area (Å²) in [4.78, 5) is 24.3. The predicted octanol–water partition coefficient (Wildman–Crippen LogP) is 4.68. The van der Waals surface area contributed by atoms with Crippen LogP contribution in [0.2, 0.25) is 0 Å². The summed E-state index contributed by atoms with van der Waals surface area (Å²) in [6.07, 6.45) is 1.36. The smallest absolute Gasteiger partial charge is 0.338 e. The van der Waals surface area contributed by atoms with Gasteiger partial charge in [0.1, 0.15) is 28.9 Å². The first-order valence-electron chi connectivity index (χ1n) is 9.49. The van der Waals surface area contributed by atoms with Crippen LogP contribution in [0.3, 0.4) is 0 Å². The molecule has 0 fully saturated rings. The van der Waals surface area contributed by atoms with Gasteiger partial charge in [0.2, 0.25) is 0 Å². The Morgan fingerprint density at radius 3 is 2.52 bits per heavy atom. The van der Waals surface area contributed by atoms with E-state index in [4.69, 9.17) is 13.9 Å². The second kappa shape index (κ2) is 9.94. The van der Waals surface area contributed by atoms with Crippen LogP contribution in [0.4, 0.5) is 5.69 Å². The molecule has 0 aliphatic heterocycles. The average Bonchev–Trinajstić information content (AvgIpc) is 3.26. The molecule has 3 rings (SSSR count). The summed E-state index contributed by atoms with van der Waals surface area (Å²) in [6.45, 7) is 2.05. The van der Waals surface area contributed by atoms with Crippen molar-refractivity contribution in [1.29, 1.82) is 5.26 Å². The molecule has 0 unspecified atom stereocenters. The van der Waals surface area contributed by atoms with Crippen LogP contribution < -0.4 is 10.1 Å². The molecule has 7 nitrogen and oxygen atoms in total. The highest BCUT2D eigenvalue weighted by molar-refractivity contribution is 6.10. The Morgan fingerprint density at radius 2 is 1.84 bits per heavy atom. The molecule has 0 saturated heterocycles. The van der Waals surface area contributed by atoms with Gasteiger partial charge in [0.05, 0.1) is 25.0 Å². The maximum Gasteiger partial charge on any atom is 0.338 e. The van der Waals surface area contributed by atoms with E-state index in [2.05, 4.69) is 5.32 Å². The van der Waals surface area contributed by atoms with E-state index in [1.54, 1.807) is 67.6 Å². The van der Waals surface area contributed by atoms with Crippen molar-refractivity contribution < 1.29 is 23.5 Å². The Bertz CT molecular complexity index is 1150. The lowest BCUT2D eigenvalue weighted by Gasteiger charge is -2.08. The van der Waals surface area contributed by atoms with Gasteiger partial charge in [0.25, 0.3) is 5.91 Å². The largest absolute Gasteiger partial charge is 0.495 e. The number of para-hydroxylation sites is 2. The third-order valence-corrected chi connectivity index (χ3v) is 4.31. The van der Waals surface area contributed by atoms with Gasteiger partial charge >= 0.3 is 5.97 Å². The molecule has 0 spiro atoms. The zero-order chi connectivity index (χ0) is 22.2. The van der Waals surface area contributed by atoms with E-state index >= 15 is 0 Å². The van der Waals surface area contributed by atoms with Crippen molar-refractivity contribution in [1.82, 2.24) is 0 Å². The summed E-state index contributed by atoms with van der Waals surface area (Å²) < 4.78 is 15.9. The summed E-state index contributed by atoms with van der Waals surface area (Å²) in [5.74, 6) is 0.389. The molecule has 1 heterocycles. The molecular weight excluding hydrogens is 396 g/mol. The summed E-state index contributed by atoms with van der Waals surface area (Å²) in [6, 6.07) is 18.9. The van der Waals surface area contributed by atoms with Crippen LogP contribution in [-0.2, 0) is 9.53 Å². The second-order valence-electron chi connectivity index (χ2n) is 6.32. The number of esters is 1. The SMILES string of the molecule is CCOC(=O)c1ccc(-c2ccc(C=C(C#N)C(=O)Nc3ccccc3OC)o2)cc1. The number of nitrogens with one attached hydrogen (secondary N) is 1. The minimum Gasteiger partial charge on any atom is -0.495 e. The van der Waals surface area contributed by atoms with Crippen molar-refractivity contribution in [3.63, 3.8) is 0 Å². The quantitative estimate of drug-likeness (QED) is 0.341. The minimum atomic E-state index is -0.580. The van der Waals surface area contributed by atoms with Gasteiger partial charge in [-0.3, -0.25) is 4.79 Å². The molecule has 0 aliphatic rings. The summed E-state index contributed by atoms with van der Waals surface area (Å²) in [5.41, 5.74) is 1.52. The van der Waals surface area contributed by atoms with Crippen molar-refractivity contribution in [2.75, 3.05) is 19.0 Å². The fourth-order valence-corrected chi connectivity index (χ4v) is 2.80. The highest BCUT2D eigenvalue weighted by Crippen LogP contribution is 2.26. The molecule has 1 aromatic heterocycles. The van der Waals surface area contributed by atoms with Crippen LogP contribution >= 0.6 is 0 Å². The molecule has 1 amide bonds. The maximum atomic E-state index is 12.5. The number of hydrogen-bond donors (Lipinski definition) is 1. The third-order valence-electron chi connectivity index (χ3n) is 4.31. The fourth-order valence-electron chi connectivity index (χ4n) is 2.80. The summed E-state index contributed by atoms with van der Waals surface area (Å²) in [7, 11) is 1.50. The topological polar surface area (TPSA) is 102 Å². The number of anilines is 1. The predicted molar refractivity (Wildman–Crippen MR) is 115 cm³/mol. The molecule has 3 aromatic rings. The highest BCUT2D eigenvalue weighted by Gasteiger charge is 2.14. The average molecular weight is 416 g/mol. The fraction of sp³-hybridized carbons (Fsp3) is 0.125. The third kappa shape index (κ3) is 5.19. The van der Waals surface area contributed by atoms with E-state index < -0.39 is 11.9 Å². The molecule has 156 valence electrons. The molecule has 0 radical (unpaired) electrons. The number of ether oxygens (including phenoxy) is 2. The lowest BCUT2D eigenvalue weighted by atomic mass is 10.1. The lowest BCUT2D eigenvalue weighted by molar-refractivity contribution is -0.112. The van der Waals surface area contributed by atoms with E-state index in [0.29, 0.717) is 35.1 Å². The number of benzene rings is 2. The Morgan fingerprint density at radius 1 is 1.10 bits per heavy atom. The first-order chi connectivity index (χ1) is 15.0. The van der Waals surface area contributed by atoms with Gasteiger partial charge in [-0.15, -0.1) is 0 Å². The zero-order valence-corrected chi connectivity index (χ0v) is 17.0. The van der Waals surface area contributed by atoms with Crippen molar-refractivity contribution in [2.45, 2.75) is 6.92 Å². The number of methoxy groups -OCH3 is 1. The van der Waals surface area contributed by atoms with Crippen molar-refractivity contribution >= 4 is 23.6 Å². The van der Waals surface area contributed by atoms with Gasteiger partial charge in [-0.2, -0.15) is 5.26 Å². The van der Waals surface area contributed by atoms with E-state index in [-0.39, 0.29) is 5.57 Å². The number of nitrogens with zero attached hydrogens (tertiary/aromatic N) is 1. The van der Waals surface area contributed by atoms with Gasteiger partial charge < -0.3 is 19.2 Å². The van der Waals surface area contributed by atoms with Crippen molar-refractivity contribution in [3.05, 3.63) is 77.6 Å². The van der Waals surface area contributed by atoms with E-state index in [1.807, 2.05) is 6.07 Å². The number of carbonyl (C=O) groups is 2. The van der Waals surface area contributed by atoms with E-state index in [9.17, 15) is 14.9 Å². The Labute approximate surface area is 179 Å². The molecule has 0 atom stereocenters. The normalized spacial score (nSPS) is 10.8. The Balaban J connectivity index is 1.77. The van der Waals surface area contributed by atoms with Gasteiger partial charge in [-0.1, -0.05) is 24.3 Å². The first kappa shape index (κ1) is 21.4. The van der Waals surface area contributed by atoms with Gasteiger partial charge in [0, 0.05) is 11.6 Å². The maximum absolute atomic E-state index is 12.5. The molecule has 2 aromatic carbocycles. The summed E-state index contributed by atoms with van der Waals surface area (Å²) in [5, 5.41) is 12.1. The number of nitriles is 1. The molecule has 1 N–H and O–H groups in total. The van der Waals surface area contributed by atoms with Crippen LogP contribution in [0, 0.1) is 11.3 Å². The van der Waals surface area contributed by atoms with E-state index in [1.165, 1.54) is 13.2 Å². The minimum absolute atomic E-state index is 0.121. The molecule has 7 heteroatoms. The van der Waals surface area contributed by atoms with Gasteiger partial charge in [-0.05, 0) is 43.3 Å². The van der Waals surface area contributed by atoms with Gasteiger partial charge in [-0.25, -0.2) is 4.79 Å². The van der Waals surface area contributed by atoms with Crippen LogP contribution in [0.25, 0.3) is 17.4 Å². The molecule has 0 saturated carbocycles. The number of carbonyl (C=O) groups excluding carboxylic acids is 2. The lowest BCUT2D eigenvalue weighted by Crippen LogP contribution is -2.14. The zero-order valence-electron chi connectivity index (χ0n) is 17.0. The van der Waals surface area contributed by atoms with Crippen LogP contribution in [0.15, 0.2) is 70.7 Å². The molecule has 0 bridgehead atoms. The van der Waals surface area contributed by atoms with Crippen LogP contribution in [-0.4, -0.2) is 25.6 Å². The molecule has 31 heavy (non-hydrogen) atoms.